The van der Waals surface area contributed by atoms with Crippen molar-refractivity contribution >= 4 is 0 Å². The molecule has 0 aliphatic heterocycles. The maximum absolute atomic E-state index is 5.47. The van der Waals surface area contributed by atoms with E-state index < -0.39 is 0 Å². The van der Waals surface area contributed by atoms with Gasteiger partial charge in [0.25, 0.3) is 0 Å². The smallest absolute Gasteiger partial charge is 0.0701 e. The Hall–Kier alpha value is -0.160. The van der Waals surface area contributed by atoms with Gasteiger partial charge in [-0.1, -0.05) is 32.6 Å². The van der Waals surface area contributed by atoms with E-state index in [2.05, 4.69) is 6.92 Å². The Bertz CT molecular complexity index is 126. The SMILES string of the molecule is CCCCCCCOCCOCCOCCOC. The van der Waals surface area contributed by atoms with Crippen LogP contribution in [0.3, 0.4) is 0 Å². The molecule has 0 rings (SSSR count). The Labute approximate surface area is 112 Å². The Kier molecular flexibility index (Phi) is 16.7. The highest BCUT2D eigenvalue weighted by molar-refractivity contribution is 4.41. The van der Waals surface area contributed by atoms with E-state index in [1.54, 1.807) is 7.11 Å². The van der Waals surface area contributed by atoms with E-state index >= 15 is 0 Å². The van der Waals surface area contributed by atoms with Crippen molar-refractivity contribution in [1.29, 1.82) is 0 Å². The first-order chi connectivity index (χ1) is 8.91. The van der Waals surface area contributed by atoms with Gasteiger partial charge in [0.05, 0.1) is 39.6 Å². The Balaban J connectivity index is 2.86. The molecular formula is C14H30O4. The summed E-state index contributed by atoms with van der Waals surface area (Å²) < 4.78 is 21.0. The van der Waals surface area contributed by atoms with Gasteiger partial charge in [-0.2, -0.15) is 0 Å². The van der Waals surface area contributed by atoms with Crippen LogP contribution in [0.25, 0.3) is 0 Å². The summed E-state index contributed by atoms with van der Waals surface area (Å²) in [4.78, 5) is 0. The molecule has 0 aromatic carbocycles. The van der Waals surface area contributed by atoms with E-state index in [9.17, 15) is 0 Å². The molecule has 0 spiro atoms. The number of ether oxygens (including phenoxy) is 4. The highest BCUT2D eigenvalue weighted by atomic mass is 16.6. The number of hydrogen-bond acceptors (Lipinski definition) is 4. The van der Waals surface area contributed by atoms with Crippen molar-refractivity contribution in [2.24, 2.45) is 0 Å². The fraction of sp³-hybridized carbons (Fsp3) is 1.00. The van der Waals surface area contributed by atoms with E-state index in [0.717, 1.165) is 6.61 Å². The monoisotopic (exact) mass is 262 g/mol. The standard InChI is InChI=1S/C14H30O4/c1-3-4-5-6-7-8-16-11-12-18-14-13-17-10-9-15-2/h3-14H2,1-2H3. The quantitative estimate of drug-likeness (QED) is 0.425. The molecule has 0 aliphatic rings. The molecule has 110 valence electrons. The van der Waals surface area contributed by atoms with Gasteiger partial charge in [-0.05, 0) is 6.42 Å². The predicted octanol–water partition coefficient (Wildman–Crippen LogP) is 2.65. The average molecular weight is 262 g/mol. The molecule has 0 aromatic heterocycles. The van der Waals surface area contributed by atoms with Crippen molar-refractivity contribution in [3.8, 4) is 0 Å². The summed E-state index contributed by atoms with van der Waals surface area (Å²) in [6, 6.07) is 0. The second kappa shape index (κ2) is 16.8. The van der Waals surface area contributed by atoms with Crippen LogP contribution in [0.15, 0.2) is 0 Å². The van der Waals surface area contributed by atoms with E-state index in [4.69, 9.17) is 18.9 Å². The van der Waals surface area contributed by atoms with Crippen LogP contribution in [0, 0.1) is 0 Å². The summed E-state index contributed by atoms with van der Waals surface area (Å²) >= 11 is 0. The number of rotatable bonds is 15. The van der Waals surface area contributed by atoms with Crippen LogP contribution in [0.5, 0.6) is 0 Å². The fourth-order valence-electron chi connectivity index (χ4n) is 1.49. The number of unbranched alkanes of at least 4 members (excludes halogenated alkanes) is 4. The summed E-state index contributed by atoms with van der Waals surface area (Å²) in [6.07, 6.45) is 6.41. The largest absolute Gasteiger partial charge is 0.382 e. The lowest BCUT2D eigenvalue weighted by Crippen LogP contribution is -2.11. The van der Waals surface area contributed by atoms with Crippen molar-refractivity contribution in [1.82, 2.24) is 0 Å². The van der Waals surface area contributed by atoms with E-state index in [1.165, 1.54) is 32.1 Å². The molecule has 0 heterocycles. The molecular weight excluding hydrogens is 232 g/mol. The van der Waals surface area contributed by atoms with E-state index in [-0.39, 0.29) is 0 Å². The van der Waals surface area contributed by atoms with Crippen LogP contribution in [0.2, 0.25) is 0 Å². The molecule has 0 N–H and O–H groups in total. The summed E-state index contributed by atoms with van der Waals surface area (Å²) in [5.41, 5.74) is 0. The summed E-state index contributed by atoms with van der Waals surface area (Å²) in [5, 5.41) is 0. The zero-order valence-corrected chi connectivity index (χ0v) is 12.1. The lowest BCUT2D eigenvalue weighted by Gasteiger charge is -2.06. The van der Waals surface area contributed by atoms with Gasteiger partial charge in [0.2, 0.25) is 0 Å². The lowest BCUT2D eigenvalue weighted by molar-refractivity contribution is 0.00323. The molecule has 4 heteroatoms. The zero-order chi connectivity index (χ0) is 13.3. The van der Waals surface area contributed by atoms with E-state index in [0.29, 0.717) is 39.6 Å². The lowest BCUT2D eigenvalue weighted by atomic mass is 10.2. The predicted molar refractivity (Wildman–Crippen MR) is 73.1 cm³/mol. The molecule has 0 atom stereocenters. The average Bonchev–Trinajstić information content (AvgIpc) is 2.39. The van der Waals surface area contributed by atoms with Gasteiger partial charge >= 0.3 is 0 Å². The maximum atomic E-state index is 5.47. The van der Waals surface area contributed by atoms with Gasteiger partial charge in [-0.3, -0.25) is 0 Å². The van der Waals surface area contributed by atoms with Crippen LogP contribution in [0.1, 0.15) is 39.0 Å². The zero-order valence-electron chi connectivity index (χ0n) is 12.1. The molecule has 18 heavy (non-hydrogen) atoms. The molecule has 0 bridgehead atoms. The number of methoxy groups -OCH3 is 1. The third-order valence-corrected chi connectivity index (χ3v) is 2.57. The highest BCUT2D eigenvalue weighted by Crippen LogP contribution is 2.02. The molecule has 0 saturated heterocycles. The third-order valence-electron chi connectivity index (χ3n) is 2.57. The molecule has 0 unspecified atom stereocenters. The topological polar surface area (TPSA) is 36.9 Å². The first-order valence-corrected chi connectivity index (χ1v) is 7.14. The normalized spacial score (nSPS) is 11.0. The van der Waals surface area contributed by atoms with Crippen molar-refractivity contribution in [3.05, 3.63) is 0 Å². The van der Waals surface area contributed by atoms with Crippen LogP contribution in [-0.4, -0.2) is 53.4 Å². The van der Waals surface area contributed by atoms with Gasteiger partial charge in [0.1, 0.15) is 0 Å². The van der Waals surface area contributed by atoms with Crippen molar-refractivity contribution < 1.29 is 18.9 Å². The molecule has 0 fully saturated rings. The Morgan fingerprint density at radius 3 is 1.61 bits per heavy atom. The third kappa shape index (κ3) is 15.8. The molecule has 0 radical (unpaired) electrons. The Morgan fingerprint density at radius 1 is 0.556 bits per heavy atom. The Morgan fingerprint density at radius 2 is 1.06 bits per heavy atom. The summed E-state index contributed by atoms with van der Waals surface area (Å²) in [6.45, 7) is 6.96. The molecule has 0 amide bonds. The molecule has 0 aliphatic carbocycles. The minimum Gasteiger partial charge on any atom is -0.382 e. The minimum atomic E-state index is 0.625. The second-order valence-electron chi connectivity index (χ2n) is 4.24. The van der Waals surface area contributed by atoms with Gasteiger partial charge in [-0.25, -0.2) is 0 Å². The number of hydrogen-bond donors (Lipinski definition) is 0. The highest BCUT2D eigenvalue weighted by Gasteiger charge is 1.92. The first-order valence-electron chi connectivity index (χ1n) is 7.14. The second-order valence-corrected chi connectivity index (χ2v) is 4.24. The van der Waals surface area contributed by atoms with Crippen LogP contribution in [-0.2, 0) is 18.9 Å². The molecule has 0 saturated carbocycles. The van der Waals surface area contributed by atoms with E-state index in [1.807, 2.05) is 0 Å². The molecule has 4 nitrogen and oxygen atoms in total. The van der Waals surface area contributed by atoms with Crippen molar-refractivity contribution in [3.63, 3.8) is 0 Å². The van der Waals surface area contributed by atoms with Gasteiger partial charge in [-0.15, -0.1) is 0 Å². The van der Waals surface area contributed by atoms with Crippen LogP contribution >= 0.6 is 0 Å². The summed E-state index contributed by atoms with van der Waals surface area (Å²) in [7, 11) is 1.67. The minimum absolute atomic E-state index is 0.625. The first kappa shape index (κ1) is 17.8. The maximum Gasteiger partial charge on any atom is 0.0701 e. The molecule has 0 aromatic rings. The summed E-state index contributed by atoms with van der Waals surface area (Å²) in [5.74, 6) is 0. The van der Waals surface area contributed by atoms with Crippen molar-refractivity contribution in [2.45, 2.75) is 39.0 Å². The van der Waals surface area contributed by atoms with Crippen molar-refractivity contribution in [2.75, 3.05) is 53.4 Å². The van der Waals surface area contributed by atoms with Crippen LogP contribution in [0.4, 0.5) is 0 Å². The van der Waals surface area contributed by atoms with Gasteiger partial charge in [0, 0.05) is 13.7 Å². The fourth-order valence-corrected chi connectivity index (χ4v) is 1.49. The van der Waals surface area contributed by atoms with Crippen LogP contribution < -0.4 is 0 Å². The van der Waals surface area contributed by atoms with Gasteiger partial charge in [0.15, 0.2) is 0 Å². The van der Waals surface area contributed by atoms with Gasteiger partial charge < -0.3 is 18.9 Å².